The lowest BCUT2D eigenvalue weighted by Gasteiger charge is -2.11. The van der Waals surface area contributed by atoms with Crippen molar-refractivity contribution in [3.8, 4) is 5.75 Å². The van der Waals surface area contributed by atoms with Crippen molar-refractivity contribution in [2.45, 2.75) is 24.2 Å². The average molecular weight is 360 g/mol. The van der Waals surface area contributed by atoms with E-state index in [0.717, 1.165) is 11.3 Å². The highest BCUT2D eigenvalue weighted by Crippen LogP contribution is 2.33. The first-order valence-electron chi connectivity index (χ1n) is 7.99. The van der Waals surface area contributed by atoms with Crippen molar-refractivity contribution in [3.05, 3.63) is 53.6 Å². The van der Waals surface area contributed by atoms with Crippen LogP contribution in [0.3, 0.4) is 0 Å². The van der Waals surface area contributed by atoms with Crippen LogP contribution >= 0.6 is 0 Å². The van der Waals surface area contributed by atoms with Crippen LogP contribution in [-0.2, 0) is 21.2 Å². The molecule has 0 radical (unpaired) electrons. The molecule has 0 aliphatic carbocycles. The highest BCUT2D eigenvalue weighted by molar-refractivity contribution is 7.89. The quantitative estimate of drug-likeness (QED) is 0.828. The second-order valence-electron chi connectivity index (χ2n) is 5.92. The van der Waals surface area contributed by atoms with Gasteiger partial charge in [-0.3, -0.25) is 4.79 Å². The fourth-order valence-corrected chi connectivity index (χ4v) is 3.94. The molecule has 0 aromatic heterocycles. The molecule has 0 bridgehead atoms. The molecule has 25 heavy (non-hydrogen) atoms. The van der Waals surface area contributed by atoms with E-state index in [-0.39, 0.29) is 23.3 Å². The molecule has 1 aliphatic heterocycles. The molecule has 2 N–H and O–H groups in total. The Morgan fingerprint density at radius 1 is 1.20 bits per heavy atom. The van der Waals surface area contributed by atoms with Crippen LogP contribution in [0.1, 0.15) is 24.0 Å². The van der Waals surface area contributed by atoms with E-state index in [9.17, 15) is 13.2 Å². The zero-order valence-corrected chi connectivity index (χ0v) is 14.9. The van der Waals surface area contributed by atoms with Gasteiger partial charge in [0, 0.05) is 12.2 Å². The first kappa shape index (κ1) is 17.4. The third-order valence-electron chi connectivity index (χ3n) is 4.33. The number of rotatable bonds is 6. The van der Waals surface area contributed by atoms with E-state index >= 15 is 0 Å². The van der Waals surface area contributed by atoms with Crippen molar-refractivity contribution in [2.24, 2.45) is 0 Å². The van der Waals surface area contributed by atoms with Crippen molar-refractivity contribution >= 4 is 21.6 Å². The van der Waals surface area contributed by atoms with Crippen LogP contribution in [0.15, 0.2) is 47.4 Å². The van der Waals surface area contributed by atoms with Crippen LogP contribution in [0.5, 0.6) is 5.75 Å². The normalized spacial score (nSPS) is 16.4. The molecule has 2 aromatic rings. The van der Waals surface area contributed by atoms with Crippen molar-refractivity contribution in [2.75, 3.05) is 19.0 Å². The fourth-order valence-electron chi connectivity index (χ4n) is 2.88. The van der Waals surface area contributed by atoms with Gasteiger partial charge in [0.15, 0.2) is 0 Å². The fraction of sp³-hybridized carbons (Fsp3) is 0.278. The van der Waals surface area contributed by atoms with Crippen molar-refractivity contribution < 1.29 is 17.9 Å². The average Bonchev–Trinajstić information content (AvgIpc) is 2.89. The van der Waals surface area contributed by atoms with Crippen LogP contribution in [0, 0.1) is 0 Å². The van der Waals surface area contributed by atoms with Gasteiger partial charge < -0.3 is 10.1 Å². The van der Waals surface area contributed by atoms with Gasteiger partial charge in [-0.1, -0.05) is 18.2 Å². The Morgan fingerprint density at radius 3 is 2.72 bits per heavy atom. The minimum absolute atomic E-state index is 0.117. The Bertz CT molecular complexity index is 909. The number of carbonyl (C=O) groups is 1. The van der Waals surface area contributed by atoms with E-state index < -0.39 is 10.0 Å². The summed E-state index contributed by atoms with van der Waals surface area (Å²) in [6.07, 6.45) is 0.518. The predicted octanol–water partition coefficient (Wildman–Crippen LogP) is 2.27. The number of benzene rings is 2. The highest BCUT2D eigenvalue weighted by Gasteiger charge is 2.28. The summed E-state index contributed by atoms with van der Waals surface area (Å²) >= 11 is 0. The van der Waals surface area contributed by atoms with Gasteiger partial charge in [0.05, 0.1) is 17.9 Å². The van der Waals surface area contributed by atoms with Gasteiger partial charge in [-0.05, 0) is 48.7 Å². The van der Waals surface area contributed by atoms with Gasteiger partial charge in [-0.2, -0.15) is 0 Å². The zero-order chi connectivity index (χ0) is 18.0. The molecular weight excluding hydrogens is 340 g/mol. The van der Waals surface area contributed by atoms with Gasteiger partial charge in [-0.15, -0.1) is 0 Å². The molecular formula is C18H20N2O4S. The second-order valence-corrected chi connectivity index (χ2v) is 7.69. The third kappa shape index (κ3) is 3.52. The number of para-hydroxylation sites is 1. The summed E-state index contributed by atoms with van der Waals surface area (Å²) in [5.41, 5.74) is 2.31. The molecule has 2 aromatic carbocycles. The first-order chi connectivity index (χ1) is 11.9. The topological polar surface area (TPSA) is 84.5 Å². The van der Waals surface area contributed by atoms with Crippen LogP contribution in [-0.4, -0.2) is 28.0 Å². The van der Waals surface area contributed by atoms with Gasteiger partial charge >= 0.3 is 0 Å². The maximum Gasteiger partial charge on any atom is 0.240 e. The Kier molecular flexibility index (Phi) is 4.78. The van der Waals surface area contributed by atoms with Crippen molar-refractivity contribution in [1.29, 1.82) is 0 Å². The summed E-state index contributed by atoms with van der Waals surface area (Å²) < 4.78 is 32.9. The summed E-state index contributed by atoms with van der Waals surface area (Å²) in [6.45, 7) is 2.01. The van der Waals surface area contributed by atoms with E-state index in [0.29, 0.717) is 17.7 Å². The lowest BCUT2D eigenvalue weighted by Crippen LogP contribution is -2.26. The molecule has 1 aliphatic rings. The number of nitrogens with one attached hydrogen (secondary N) is 2. The molecule has 1 atom stereocenters. The monoisotopic (exact) mass is 360 g/mol. The first-order valence-corrected chi connectivity index (χ1v) is 9.47. The molecule has 0 unspecified atom stereocenters. The lowest BCUT2D eigenvalue weighted by atomic mass is 10.0. The molecule has 0 fully saturated rings. The van der Waals surface area contributed by atoms with Gasteiger partial charge in [0.1, 0.15) is 5.75 Å². The SMILES string of the molecule is COc1ccccc1CCNS(=O)(=O)c1ccc2c(c1)[C@H](C)C(=O)N2. The molecule has 7 heteroatoms. The smallest absolute Gasteiger partial charge is 0.240 e. The number of anilines is 1. The number of hydrogen-bond acceptors (Lipinski definition) is 4. The number of carbonyl (C=O) groups excluding carboxylic acids is 1. The summed E-state index contributed by atoms with van der Waals surface area (Å²) in [5, 5.41) is 2.74. The number of fused-ring (bicyclic) bond motifs is 1. The van der Waals surface area contributed by atoms with Crippen molar-refractivity contribution in [1.82, 2.24) is 4.72 Å². The number of amides is 1. The van der Waals surface area contributed by atoms with Crippen LogP contribution < -0.4 is 14.8 Å². The van der Waals surface area contributed by atoms with Gasteiger partial charge in [0.2, 0.25) is 15.9 Å². The summed E-state index contributed by atoms with van der Waals surface area (Å²) in [7, 11) is -2.06. The van der Waals surface area contributed by atoms with Crippen molar-refractivity contribution in [3.63, 3.8) is 0 Å². The number of sulfonamides is 1. The van der Waals surface area contributed by atoms with Crippen LogP contribution in [0.2, 0.25) is 0 Å². The Morgan fingerprint density at radius 2 is 1.96 bits per heavy atom. The minimum atomic E-state index is -3.64. The Hall–Kier alpha value is -2.38. The van der Waals surface area contributed by atoms with E-state index in [2.05, 4.69) is 10.0 Å². The van der Waals surface area contributed by atoms with Crippen LogP contribution in [0.25, 0.3) is 0 Å². The largest absolute Gasteiger partial charge is 0.496 e. The van der Waals surface area contributed by atoms with Crippen LogP contribution in [0.4, 0.5) is 5.69 Å². The van der Waals surface area contributed by atoms with Gasteiger partial charge in [0.25, 0.3) is 0 Å². The summed E-state index contributed by atoms with van der Waals surface area (Å²) in [6, 6.07) is 12.2. The van der Waals surface area contributed by atoms with Gasteiger partial charge in [-0.25, -0.2) is 13.1 Å². The Balaban J connectivity index is 1.72. The molecule has 0 spiro atoms. The zero-order valence-electron chi connectivity index (χ0n) is 14.1. The summed E-state index contributed by atoms with van der Waals surface area (Å²) in [4.78, 5) is 11.9. The summed E-state index contributed by atoms with van der Waals surface area (Å²) in [5.74, 6) is 0.269. The van der Waals surface area contributed by atoms with E-state index in [4.69, 9.17) is 4.74 Å². The maximum atomic E-state index is 12.5. The molecule has 3 rings (SSSR count). The van der Waals surface area contributed by atoms with E-state index in [1.807, 2.05) is 24.3 Å². The Labute approximate surface area is 147 Å². The second kappa shape index (κ2) is 6.85. The molecule has 132 valence electrons. The standard InChI is InChI=1S/C18H20N2O4S/c1-12-15-11-14(7-8-16(15)20-18(12)21)25(22,23)19-10-9-13-5-3-4-6-17(13)24-2/h3-8,11-12,19H,9-10H2,1-2H3,(H,20,21)/t12-/m0/s1. The lowest BCUT2D eigenvalue weighted by molar-refractivity contribution is -0.116. The molecule has 0 saturated heterocycles. The number of hydrogen-bond donors (Lipinski definition) is 2. The highest BCUT2D eigenvalue weighted by atomic mass is 32.2. The maximum absolute atomic E-state index is 12.5. The molecule has 0 saturated carbocycles. The molecule has 1 heterocycles. The number of methoxy groups -OCH3 is 1. The minimum Gasteiger partial charge on any atom is -0.496 e. The third-order valence-corrected chi connectivity index (χ3v) is 5.79. The molecule has 6 nitrogen and oxygen atoms in total. The number of ether oxygens (including phenoxy) is 1. The molecule has 1 amide bonds. The van der Waals surface area contributed by atoms with E-state index in [1.54, 1.807) is 26.2 Å². The van der Waals surface area contributed by atoms with E-state index in [1.165, 1.54) is 6.07 Å². The predicted molar refractivity (Wildman–Crippen MR) is 95.4 cm³/mol.